The van der Waals surface area contributed by atoms with E-state index in [0.29, 0.717) is 20.8 Å². The van der Waals surface area contributed by atoms with Crippen molar-refractivity contribution < 1.29 is 72.4 Å². The van der Waals surface area contributed by atoms with Crippen LogP contribution in [0.5, 0.6) is 0 Å². The van der Waals surface area contributed by atoms with Crippen LogP contribution in [0.4, 0.5) is 26.3 Å². The van der Waals surface area contributed by atoms with Crippen molar-refractivity contribution >= 4 is 6.48 Å². The molecule has 0 fully saturated rings. The number of alkyl halides is 6. The fourth-order valence-electron chi connectivity index (χ4n) is 7.46. The largest absolute Gasteiger partial charge is 1.00 e. The number of halogens is 8. The van der Waals surface area contributed by atoms with E-state index < -0.39 is 44.7 Å². The second kappa shape index (κ2) is 15.2. The number of hydrogen-bond donors (Lipinski definition) is 0. The van der Waals surface area contributed by atoms with Crippen LogP contribution in [-0.4, -0.2) is 3.21 Å². The topological polar surface area (TPSA) is 0 Å². The summed E-state index contributed by atoms with van der Waals surface area (Å²) in [7, 11) is 0. The van der Waals surface area contributed by atoms with Gasteiger partial charge in [0.15, 0.2) is 0 Å². The SMILES string of the molecule is CCC1C=C(C(C)(C)C)C=[C]1[Zr+2](=[C](c1cccc(C(F)(F)F)c1)c1cccc(C(F)(F)F)c1)[c]1c(C)c(C)cc2c1Cc1cc(C)c(C)cc1-2.[Cl-].[Cl-]. The first kappa shape index (κ1) is 42.0. The summed E-state index contributed by atoms with van der Waals surface area (Å²) in [5.41, 5.74) is 9.20. The fraction of sp³-hybridized carbons (Fsp3) is 0.326. The van der Waals surface area contributed by atoms with Crippen LogP contribution in [0.25, 0.3) is 11.1 Å². The van der Waals surface area contributed by atoms with Gasteiger partial charge < -0.3 is 24.8 Å². The molecule has 0 saturated heterocycles. The smallest absolute Gasteiger partial charge is 1.00 e. The van der Waals surface area contributed by atoms with Crippen molar-refractivity contribution in [1.29, 1.82) is 0 Å². The second-order valence-corrected chi connectivity index (χ2v) is 20.6. The van der Waals surface area contributed by atoms with Gasteiger partial charge in [-0.2, -0.15) is 0 Å². The van der Waals surface area contributed by atoms with Crippen LogP contribution in [0.3, 0.4) is 0 Å². The summed E-state index contributed by atoms with van der Waals surface area (Å²) in [6.07, 6.45) is -3.23. The molecule has 0 saturated carbocycles. The molecule has 0 bridgehead atoms. The van der Waals surface area contributed by atoms with Crippen molar-refractivity contribution in [1.82, 2.24) is 0 Å². The Hall–Kier alpha value is -2.73. The molecule has 6 rings (SSSR count). The molecule has 9 heteroatoms. The maximum absolute atomic E-state index is 14.3. The molecule has 0 radical (unpaired) electrons. The normalized spacial score (nSPS) is 15.1. The summed E-state index contributed by atoms with van der Waals surface area (Å²) in [4.78, 5) is 0. The maximum Gasteiger partial charge on any atom is -1.00 e. The predicted octanol–water partition coefficient (Wildman–Crippen LogP) is 5.95. The molecule has 1 unspecified atom stereocenters. The number of hydrogen-bond acceptors (Lipinski definition) is 0. The molecule has 0 nitrogen and oxygen atoms in total. The molecular weight excluding hydrogens is 793 g/mol. The molecule has 4 aromatic carbocycles. The molecule has 0 heterocycles. The van der Waals surface area contributed by atoms with Crippen molar-refractivity contribution in [3.63, 3.8) is 0 Å². The van der Waals surface area contributed by atoms with E-state index in [4.69, 9.17) is 0 Å². The van der Waals surface area contributed by atoms with E-state index in [1.54, 1.807) is 12.1 Å². The van der Waals surface area contributed by atoms with Crippen LogP contribution in [0.1, 0.15) is 89.8 Å². The Morgan fingerprint density at radius 3 is 1.73 bits per heavy atom. The van der Waals surface area contributed by atoms with E-state index in [9.17, 15) is 26.3 Å². The zero-order chi connectivity index (χ0) is 36.5. The Balaban J connectivity index is 0.00000302. The van der Waals surface area contributed by atoms with Gasteiger partial charge in [-0.05, 0) is 0 Å². The molecule has 274 valence electrons. The minimum absolute atomic E-state index is 0. The monoisotopic (exact) mass is 832 g/mol. The number of rotatable bonds is 5. The molecule has 4 aromatic rings. The Labute approximate surface area is 323 Å². The van der Waals surface area contributed by atoms with Gasteiger partial charge in [0.25, 0.3) is 0 Å². The maximum atomic E-state index is 14.3. The van der Waals surface area contributed by atoms with E-state index in [1.165, 1.54) is 37.7 Å². The summed E-state index contributed by atoms with van der Waals surface area (Å²) in [5.74, 6) is 0.0223. The molecule has 2 aliphatic carbocycles. The third-order valence-electron chi connectivity index (χ3n) is 10.5. The number of benzene rings is 4. The molecule has 0 N–H and O–H groups in total. The number of fused-ring (bicyclic) bond motifs is 3. The van der Waals surface area contributed by atoms with Crippen LogP contribution in [0.2, 0.25) is 0 Å². The van der Waals surface area contributed by atoms with Gasteiger partial charge >= 0.3 is 301 Å². The van der Waals surface area contributed by atoms with E-state index in [1.807, 2.05) is 0 Å². The van der Waals surface area contributed by atoms with Gasteiger partial charge in [0.05, 0.1) is 0 Å². The minimum Gasteiger partial charge on any atom is -1.00 e. The fourth-order valence-corrected chi connectivity index (χ4v) is 16.7. The number of allylic oxidation sites excluding steroid dienone is 4. The van der Waals surface area contributed by atoms with Gasteiger partial charge in [-0.1, -0.05) is 0 Å². The van der Waals surface area contributed by atoms with E-state index in [0.717, 1.165) is 61.8 Å². The van der Waals surface area contributed by atoms with Gasteiger partial charge in [0.1, 0.15) is 0 Å². The Morgan fingerprint density at radius 1 is 0.712 bits per heavy atom. The van der Waals surface area contributed by atoms with Gasteiger partial charge in [-0.25, -0.2) is 0 Å². The van der Waals surface area contributed by atoms with Crippen LogP contribution in [0, 0.1) is 39.0 Å². The zero-order valence-electron chi connectivity index (χ0n) is 30.5. The summed E-state index contributed by atoms with van der Waals surface area (Å²) in [6.45, 7) is 16.9. The van der Waals surface area contributed by atoms with Gasteiger partial charge in [-0.15, -0.1) is 0 Å². The van der Waals surface area contributed by atoms with Gasteiger partial charge in [0, 0.05) is 0 Å². The first-order chi connectivity index (χ1) is 23.3. The predicted molar refractivity (Wildman–Crippen MR) is 189 cm³/mol. The summed E-state index contributed by atoms with van der Waals surface area (Å²) < 4.78 is 89.0. The minimum atomic E-state index is -4.62. The third-order valence-corrected chi connectivity index (χ3v) is 18.7. The average molecular weight is 835 g/mol. The summed E-state index contributed by atoms with van der Waals surface area (Å²) >= 11 is -3.74. The standard InChI is InChI=1S/C17H17.C15H8F6.C11H17.2ClH.Zr/c1-10-5-14-9-15-6-11(2)13(4)8-17(15)16(14)7-12(10)3;16-14(17,18)12-5-1-3-10(8-12)7-11-4-2-6-13(9-11)15(19,20)21;1-5-9-6-7-10(8-9)11(2,3)4;;;/h5,7-8H,9H2,1-4H3;1-6,8-9H;7-9H,5H2,1-4H3;2*1H;/q;;;;;+2/p-2. The van der Waals surface area contributed by atoms with Crippen LogP contribution < -0.4 is 28.1 Å². The van der Waals surface area contributed by atoms with Gasteiger partial charge in [-0.3, -0.25) is 0 Å². The van der Waals surface area contributed by atoms with Crippen molar-refractivity contribution in [2.45, 2.75) is 80.6 Å². The molecule has 2 aliphatic rings. The van der Waals surface area contributed by atoms with Crippen LogP contribution in [0.15, 0.2) is 87.7 Å². The number of aryl methyl sites for hydroxylation is 3. The van der Waals surface area contributed by atoms with Crippen molar-refractivity contribution in [2.24, 2.45) is 11.3 Å². The first-order valence-electron chi connectivity index (χ1n) is 17.1. The quantitative estimate of drug-likeness (QED) is 0.193. The van der Waals surface area contributed by atoms with E-state index >= 15 is 0 Å². The molecule has 0 aromatic heterocycles. The first-order valence-corrected chi connectivity index (χ1v) is 20.8. The molecule has 52 heavy (non-hydrogen) atoms. The van der Waals surface area contributed by atoms with Crippen LogP contribution in [-0.2, 0) is 40.0 Å². The van der Waals surface area contributed by atoms with Crippen LogP contribution >= 0.6 is 0 Å². The Kier molecular flexibility index (Phi) is 12.3. The Morgan fingerprint density at radius 2 is 1.23 bits per heavy atom. The van der Waals surface area contributed by atoms with E-state index in [2.05, 4.69) is 85.7 Å². The molecule has 0 spiro atoms. The second-order valence-electron chi connectivity index (χ2n) is 14.9. The average Bonchev–Trinajstić information content (AvgIpc) is 3.62. The van der Waals surface area contributed by atoms with E-state index in [-0.39, 0.29) is 36.1 Å². The van der Waals surface area contributed by atoms with Crippen molar-refractivity contribution in [3.8, 4) is 11.1 Å². The summed E-state index contributed by atoms with van der Waals surface area (Å²) in [6, 6.07) is 17.2. The zero-order valence-corrected chi connectivity index (χ0v) is 34.5. The Bertz CT molecular complexity index is 2070. The molecule has 0 amide bonds. The molecular formula is C43H42Cl2F6Zr. The summed E-state index contributed by atoms with van der Waals surface area (Å²) in [5, 5.41) is 0. The van der Waals surface area contributed by atoms with Crippen molar-refractivity contribution in [3.05, 3.63) is 143 Å². The van der Waals surface area contributed by atoms with Crippen molar-refractivity contribution in [2.75, 3.05) is 0 Å². The molecule has 0 aliphatic heterocycles. The van der Waals surface area contributed by atoms with Gasteiger partial charge in [0.2, 0.25) is 0 Å². The molecule has 1 atom stereocenters. The third kappa shape index (κ3) is 7.89.